The lowest BCUT2D eigenvalue weighted by Gasteiger charge is -2.10. The van der Waals surface area contributed by atoms with Gasteiger partial charge in [-0.1, -0.05) is 66.4 Å². The van der Waals surface area contributed by atoms with Crippen molar-refractivity contribution in [2.45, 2.75) is 5.75 Å². The Kier molecular flexibility index (Phi) is 5.59. The highest BCUT2D eigenvalue weighted by atomic mass is 32.2. The van der Waals surface area contributed by atoms with Gasteiger partial charge in [-0.25, -0.2) is 0 Å². The van der Waals surface area contributed by atoms with Crippen LogP contribution in [-0.4, -0.2) is 15.3 Å². The molecule has 0 radical (unpaired) electrons. The maximum absolute atomic E-state index is 11.8. The lowest BCUT2D eigenvalue weighted by Crippen LogP contribution is -2.39. The van der Waals surface area contributed by atoms with Crippen LogP contribution in [0.2, 0.25) is 0 Å². The van der Waals surface area contributed by atoms with Crippen LogP contribution in [0.1, 0.15) is 15.9 Å². The minimum absolute atomic E-state index is 0.0698. The second-order valence-electron chi connectivity index (χ2n) is 4.16. The lowest BCUT2D eigenvalue weighted by atomic mass is 10.2. The number of hydrazine groups is 1. The SMILES string of the molecule is O=C(NNC(=S)SCc1ccccc1)c1ccccc1O. The summed E-state index contributed by atoms with van der Waals surface area (Å²) in [6, 6.07) is 16.2. The Balaban J connectivity index is 1.79. The van der Waals surface area contributed by atoms with E-state index in [1.807, 2.05) is 30.3 Å². The number of thiocarbonyl (C=S) groups is 1. The highest BCUT2D eigenvalue weighted by Crippen LogP contribution is 2.15. The largest absolute Gasteiger partial charge is 0.507 e. The van der Waals surface area contributed by atoms with Crippen molar-refractivity contribution in [3.05, 3.63) is 65.7 Å². The van der Waals surface area contributed by atoms with Crippen LogP contribution in [-0.2, 0) is 5.75 Å². The maximum atomic E-state index is 11.8. The van der Waals surface area contributed by atoms with E-state index in [4.69, 9.17) is 12.2 Å². The molecule has 108 valence electrons. The van der Waals surface area contributed by atoms with E-state index in [1.165, 1.54) is 23.9 Å². The van der Waals surface area contributed by atoms with Crippen LogP contribution in [0.15, 0.2) is 54.6 Å². The standard InChI is InChI=1S/C15H14N2O2S2/c18-13-9-5-4-8-12(13)14(19)16-17-15(20)21-10-11-6-2-1-3-7-11/h1-9,18H,10H2,(H,16,19)(H,17,20). The summed E-state index contributed by atoms with van der Waals surface area (Å²) >= 11 is 6.54. The monoisotopic (exact) mass is 318 g/mol. The number of hydrogen-bond donors (Lipinski definition) is 3. The first-order valence-corrected chi connectivity index (χ1v) is 7.61. The van der Waals surface area contributed by atoms with Crippen LogP contribution in [0, 0.1) is 0 Å². The van der Waals surface area contributed by atoms with Gasteiger partial charge in [0.2, 0.25) is 0 Å². The first-order chi connectivity index (χ1) is 10.2. The topological polar surface area (TPSA) is 61.4 Å². The summed E-state index contributed by atoms with van der Waals surface area (Å²) in [5, 5.41) is 9.57. The summed E-state index contributed by atoms with van der Waals surface area (Å²) in [7, 11) is 0. The van der Waals surface area contributed by atoms with Crippen molar-refractivity contribution in [2.24, 2.45) is 0 Å². The molecule has 3 N–H and O–H groups in total. The fraction of sp³-hybridized carbons (Fsp3) is 0.0667. The number of para-hydroxylation sites is 1. The Bertz CT molecular complexity index is 633. The molecule has 0 unspecified atom stereocenters. The van der Waals surface area contributed by atoms with Gasteiger partial charge in [-0.2, -0.15) is 0 Å². The Labute approximate surface area is 132 Å². The summed E-state index contributed by atoms with van der Waals surface area (Å²) in [4.78, 5) is 11.8. The normalized spacial score (nSPS) is 9.90. The fourth-order valence-corrected chi connectivity index (χ4v) is 2.44. The Morgan fingerprint density at radius 3 is 2.43 bits per heavy atom. The maximum Gasteiger partial charge on any atom is 0.273 e. The van der Waals surface area contributed by atoms with E-state index in [2.05, 4.69) is 10.9 Å². The van der Waals surface area contributed by atoms with Gasteiger partial charge in [0.05, 0.1) is 5.56 Å². The van der Waals surface area contributed by atoms with Crippen LogP contribution in [0.5, 0.6) is 5.75 Å². The van der Waals surface area contributed by atoms with E-state index in [-0.39, 0.29) is 11.3 Å². The van der Waals surface area contributed by atoms with Gasteiger partial charge in [-0.05, 0) is 17.7 Å². The zero-order valence-electron chi connectivity index (χ0n) is 11.1. The molecule has 0 saturated heterocycles. The lowest BCUT2D eigenvalue weighted by molar-refractivity contribution is 0.0942. The van der Waals surface area contributed by atoms with E-state index in [1.54, 1.807) is 12.1 Å². The molecule has 2 aromatic carbocycles. The predicted octanol–water partition coefficient (Wildman–Crippen LogP) is 2.84. The van der Waals surface area contributed by atoms with Gasteiger partial charge in [-0.15, -0.1) is 0 Å². The van der Waals surface area contributed by atoms with Crippen molar-refractivity contribution < 1.29 is 9.90 Å². The zero-order valence-corrected chi connectivity index (χ0v) is 12.7. The van der Waals surface area contributed by atoms with Gasteiger partial charge < -0.3 is 5.11 Å². The number of phenolic OH excluding ortho intramolecular Hbond substituents is 1. The van der Waals surface area contributed by atoms with Gasteiger partial charge in [0.15, 0.2) is 4.32 Å². The van der Waals surface area contributed by atoms with E-state index in [0.29, 0.717) is 4.32 Å². The van der Waals surface area contributed by atoms with Crippen molar-refractivity contribution in [3.8, 4) is 5.75 Å². The minimum atomic E-state index is -0.434. The second-order valence-corrected chi connectivity index (χ2v) is 5.81. The molecule has 2 aromatic rings. The number of aromatic hydroxyl groups is 1. The molecule has 0 saturated carbocycles. The number of phenols is 1. The fourth-order valence-electron chi connectivity index (χ4n) is 1.60. The summed E-state index contributed by atoms with van der Waals surface area (Å²) < 4.78 is 0.461. The molecule has 2 rings (SSSR count). The van der Waals surface area contributed by atoms with Gasteiger partial charge in [-0.3, -0.25) is 15.6 Å². The molecular weight excluding hydrogens is 304 g/mol. The Hall–Kier alpha value is -2.05. The second kappa shape index (κ2) is 7.66. The molecule has 0 spiro atoms. The minimum Gasteiger partial charge on any atom is -0.507 e. The Morgan fingerprint density at radius 1 is 1.05 bits per heavy atom. The first-order valence-electron chi connectivity index (χ1n) is 6.22. The van der Waals surface area contributed by atoms with E-state index < -0.39 is 5.91 Å². The van der Waals surface area contributed by atoms with E-state index >= 15 is 0 Å². The smallest absolute Gasteiger partial charge is 0.273 e. The number of thioether (sulfide) groups is 1. The van der Waals surface area contributed by atoms with Crippen molar-refractivity contribution in [3.63, 3.8) is 0 Å². The summed E-state index contributed by atoms with van der Waals surface area (Å²) in [5.41, 5.74) is 6.47. The van der Waals surface area contributed by atoms with Crippen molar-refractivity contribution in [1.29, 1.82) is 0 Å². The average molecular weight is 318 g/mol. The molecular formula is C15H14N2O2S2. The third-order valence-corrected chi connectivity index (χ3v) is 3.94. The molecule has 0 aliphatic rings. The number of rotatable bonds is 3. The van der Waals surface area contributed by atoms with E-state index in [0.717, 1.165) is 11.3 Å². The van der Waals surface area contributed by atoms with Gasteiger partial charge in [0, 0.05) is 5.75 Å². The van der Waals surface area contributed by atoms with Crippen LogP contribution in [0.4, 0.5) is 0 Å². The van der Waals surface area contributed by atoms with Gasteiger partial charge in [0.1, 0.15) is 5.75 Å². The molecule has 0 bridgehead atoms. The third-order valence-electron chi connectivity index (χ3n) is 2.64. The number of carbonyl (C=O) groups excluding carboxylic acids is 1. The predicted molar refractivity (Wildman–Crippen MR) is 89.0 cm³/mol. The highest BCUT2D eigenvalue weighted by molar-refractivity contribution is 8.22. The average Bonchev–Trinajstić information content (AvgIpc) is 2.52. The molecule has 1 amide bonds. The summed E-state index contributed by atoms with van der Waals surface area (Å²) in [5.74, 6) is 0.217. The van der Waals surface area contributed by atoms with Crippen LogP contribution in [0.25, 0.3) is 0 Å². The molecule has 0 atom stereocenters. The number of amides is 1. The van der Waals surface area contributed by atoms with Crippen molar-refractivity contribution in [2.75, 3.05) is 0 Å². The molecule has 0 fully saturated rings. The molecule has 0 aromatic heterocycles. The van der Waals surface area contributed by atoms with Crippen molar-refractivity contribution in [1.82, 2.24) is 10.9 Å². The molecule has 0 aliphatic heterocycles. The van der Waals surface area contributed by atoms with Gasteiger partial charge in [0.25, 0.3) is 5.91 Å². The van der Waals surface area contributed by atoms with Crippen LogP contribution in [0.3, 0.4) is 0 Å². The molecule has 0 aliphatic carbocycles. The summed E-state index contributed by atoms with van der Waals surface area (Å²) in [6.07, 6.45) is 0. The number of carbonyl (C=O) groups is 1. The highest BCUT2D eigenvalue weighted by Gasteiger charge is 2.10. The Morgan fingerprint density at radius 2 is 1.71 bits per heavy atom. The third kappa shape index (κ3) is 4.77. The van der Waals surface area contributed by atoms with Crippen LogP contribution >= 0.6 is 24.0 Å². The number of nitrogens with one attached hydrogen (secondary N) is 2. The summed E-state index contributed by atoms with van der Waals surface area (Å²) in [6.45, 7) is 0. The number of hydrogen-bond acceptors (Lipinski definition) is 4. The van der Waals surface area contributed by atoms with Crippen molar-refractivity contribution >= 4 is 34.2 Å². The molecule has 6 heteroatoms. The quantitative estimate of drug-likeness (QED) is 0.600. The molecule has 0 heterocycles. The number of benzene rings is 2. The first kappa shape index (κ1) is 15.3. The van der Waals surface area contributed by atoms with E-state index in [9.17, 15) is 9.90 Å². The van der Waals surface area contributed by atoms with Crippen LogP contribution < -0.4 is 10.9 Å². The molecule has 21 heavy (non-hydrogen) atoms. The molecule has 4 nitrogen and oxygen atoms in total. The zero-order chi connectivity index (χ0) is 15.1. The van der Waals surface area contributed by atoms with Gasteiger partial charge >= 0.3 is 0 Å².